The first-order chi connectivity index (χ1) is 9.22. The zero-order valence-electron chi connectivity index (χ0n) is 11.2. The summed E-state index contributed by atoms with van der Waals surface area (Å²) in [5, 5.41) is 0. The molecule has 2 aromatic rings. The van der Waals surface area contributed by atoms with Crippen LogP contribution in [0.5, 0.6) is 11.5 Å². The topological polar surface area (TPSA) is 18.5 Å². The van der Waals surface area contributed by atoms with Gasteiger partial charge in [-0.15, -0.1) is 11.6 Å². The van der Waals surface area contributed by atoms with Gasteiger partial charge in [0, 0.05) is 11.6 Å². The lowest BCUT2D eigenvalue weighted by Gasteiger charge is -2.12. The summed E-state index contributed by atoms with van der Waals surface area (Å²) in [4.78, 5) is 0. The highest BCUT2D eigenvalue weighted by Crippen LogP contribution is 2.27. The molecule has 0 aromatic heterocycles. The van der Waals surface area contributed by atoms with Crippen molar-refractivity contribution >= 4 is 11.6 Å². The average molecular weight is 277 g/mol. The molecule has 0 saturated carbocycles. The quantitative estimate of drug-likeness (QED) is 0.757. The molecule has 2 nitrogen and oxygen atoms in total. The highest BCUT2D eigenvalue weighted by atomic mass is 35.5. The number of hydrogen-bond acceptors (Lipinski definition) is 2. The lowest BCUT2D eigenvalue weighted by Crippen LogP contribution is -1.98. The van der Waals surface area contributed by atoms with E-state index in [-0.39, 0.29) is 0 Å². The predicted octanol–water partition coefficient (Wildman–Crippen LogP) is 4.32. The maximum Gasteiger partial charge on any atom is 0.127 e. The van der Waals surface area contributed by atoms with E-state index in [0.29, 0.717) is 12.5 Å². The molecular weight excluding hydrogens is 260 g/mol. The Balaban J connectivity index is 2.14. The zero-order valence-corrected chi connectivity index (χ0v) is 11.9. The van der Waals surface area contributed by atoms with Gasteiger partial charge in [0.05, 0.1) is 13.0 Å². The first kappa shape index (κ1) is 13.8. The summed E-state index contributed by atoms with van der Waals surface area (Å²) in [7, 11) is 1.64. The number of alkyl halides is 1. The first-order valence-electron chi connectivity index (χ1n) is 6.14. The minimum absolute atomic E-state index is 0.424. The fourth-order valence-electron chi connectivity index (χ4n) is 1.87. The van der Waals surface area contributed by atoms with Crippen LogP contribution >= 0.6 is 11.6 Å². The molecule has 0 bridgehead atoms. The molecule has 2 rings (SSSR count). The van der Waals surface area contributed by atoms with E-state index < -0.39 is 0 Å². The molecule has 100 valence electrons. The summed E-state index contributed by atoms with van der Waals surface area (Å²) in [5.74, 6) is 1.97. The Morgan fingerprint density at radius 1 is 1.11 bits per heavy atom. The van der Waals surface area contributed by atoms with Crippen molar-refractivity contribution < 1.29 is 9.47 Å². The van der Waals surface area contributed by atoms with Gasteiger partial charge in [-0.25, -0.2) is 0 Å². The molecule has 0 saturated heterocycles. The van der Waals surface area contributed by atoms with E-state index in [1.165, 1.54) is 5.56 Å². The minimum Gasteiger partial charge on any atom is -0.497 e. The maximum atomic E-state index is 5.91. The lowest BCUT2D eigenvalue weighted by molar-refractivity contribution is 0.301. The summed E-state index contributed by atoms with van der Waals surface area (Å²) in [6.07, 6.45) is 0. The Labute approximate surface area is 118 Å². The number of methoxy groups -OCH3 is 1. The van der Waals surface area contributed by atoms with Crippen molar-refractivity contribution in [3.63, 3.8) is 0 Å². The summed E-state index contributed by atoms with van der Waals surface area (Å²) in [5.41, 5.74) is 3.34. The van der Waals surface area contributed by atoms with E-state index >= 15 is 0 Å². The van der Waals surface area contributed by atoms with Gasteiger partial charge in [0.15, 0.2) is 0 Å². The van der Waals surface area contributed by atoms with Crippen LogP contribution in [0.1, 0.15) is 16.7 Å². The van der Waals surface area contributed by atoms with Crippen LogP contribution in [0.2, 0.25) is 0 Å². The monoisotopic (exact) mass is 276 g/mol. The van der Waals surface area contributed by atoms with Crippen LogP contribution in [0.3, 0.4) is 0 Å². The Morgan fingerprint density at radius 3 is 2.63 bits per heavy atom. The summed E-state index contributed by atoms with van der Waals surface area (Å²) >= 11 is 5.91. The molecule has 3 heteroatoms. The fraction of sp³-hybridized carbons (Fsp3) is 0.250. The van der Waals surface area contributed by atoms with Gasteiger partial charge in [-0.1, -0.05) is 35.9 Å². The van der Waals surface area contributed by atoms with Crippen LogP contribution < -0.4 is 9.47 Å². The second-order valence-corrected chi connectivity index (χ2v) is 4.65. The number of rotatable bonds is 5. The molecule has 0 N–H and O–H groups in total. The van der Waals surface area contributed by atoms with Crippen LogP contribution in [0.25, 0.3) is 0 Å². The van der Waals surface area contributed by atoms with E-state index in [1.807, 2.05) is 30.3 Å². The molecule has 0 aliphatic heterocycles. The van der Waals surface area contributed by atoms with Crippen molar-refractivity contribution in [3.8, 4) is 11.5 Å². The molecule has 0 aliphatic carbocycles. The molecule has 2 aromatic carbocycles. The van der Waals surface area contributed by atoms with Crippen molar-refractivity contribution in [1.82, 2.24) is 0 Å². The molecule has 0 heterocycles. The number of halogens is 1. The minimum atomic E-state index is 0.424. The smallest absolute Gasteiger partial charge is 0.127 e. The van der Waals surface area contributed by atoms with Gasteiger partial charge >= 0.3 is 0 Å². The second-order valence-electron chi connectivity index (χ2n) is 4.39. The van der Waals surface area contributed by atoms with Gasteiger partial charge in [-0.3, -0.25) is 0 Å². The Kier molecular flexibility index (Phi) is 4.69. The van der Waals surface area contributed by atoms with Gasteiger partial charge in [-0.05, 0) is 18.6 Å². The summed E-state index contributed by atoms with van der Waals surface area (Å²) in [6.45, 7) is 2.60. The van der Waals surface area contributed by atoms with Gasteiger partial charge < -0.3 is 9.47 Å². The number of hydrogen-bond donors (Lipinski definition) is 0. The third kappa shape index (κ3) is 3.65. The van der Waals surface area contributed by atoms with Crippen LogP contribution in [0, 0.1) is 6.92 Å². The SMILES string of the molecule is COc1ccc(CCl)c(OCc2cccc(C)c2)c1. The second kappa shape index (κ2) is 6.48. The Hall–Kier alpha value is -1.67. The van der Waals surface area contributed by atoms with Crippen molar-refractivity contribution in [2.24, 2.45) is 0 Å². The molecule has 0 aliphatic rings. The standard InChI is InChI=1S/C16H17ClO2/c1-12-4-3-5-13(8-12)11-19-16-9-15(18-2)7-6-14(16)10-17/h3-9H,10-11H2,1-2H3. The van der Waals surface area contributed by atoms with Crippen LogP contribution in [0.15, 0.2) is 42.5 Å². The van der Waals surface area contributed by atoms with E-state index in [4.69, 9.17) is 21.1 Å². The molecule has 0 amide bonds. The van der Waals surface area contributed by atoms with Crippen molar-refractivity contribution in [2.75, 3.05) is 7.11 Å². The third-order valence-electron chi connectivity index (χ3n) is 2.90. The van der Waals surface area contributed by atoms with E-state index in [2.05, 4.69) is 19.1 Å². The highest BCUT2D eigenvalue weighted by Gasteiger charge is 2.05. The van der Waals surface area contributed by atoms with Gasteiger partial charge in [0.2, 0.25) is 0 Å². The van der Waals surface area contributed by atoms with Crippen LogP contribution in [-0.2, 0) is 12.5 Å². The molecule has 0 atom stereocenters. The molecular formula is C16H17ClO2. The van der Waals surface area contributed by atoms with E-state index in [9.17, 15) is 0 Å². The summed E-state index contributed by atoms with van der Waals surface area (Å²) in [6, 6.07) is 13.9. The van der Waals surface area contributed by atoms with Crippen molar-refractivity contribution in [3.05, 3.63) is 59.2 Å². The maximum absolute atomic E-state index is 5.91. The van der Waals surface area contributed by atoms with Gasteiger partial charge in [0.25, 0.3) is 0 Å². The molecule has 0 unspecified atom stereocenters. The zero-order chi connectivity index (χ0) is 13.7. The highest BCUT2D eigenvalue weighted by molar-refractivity contribution is 6.17. The normalized spacial score (nSPS) is 10.3. The van der Waals surface area contributed by atoms with Crippen molar-refractivity contribution in [2.45, 2.75) is 19.4 Å². The predicted molar refractivity (Wildman–Crippen MR) is 78.1 cm³/mol. The molecule has 19 heavy (non-hydrogen) atoms. The Bertz CT molecular complexity index is 552. The third-order valence-corrected chi connectivity index (χ3v) is 3.18. The van der Waals surface area contributed by atoms with Gasteiger partial charge in [0.1, 0.15) is 18.1 Å². The van der Waals surface area contributed by atoms with Gasteiger partial charge in [-0.2, -0.15) is 0 Å². The van der Waals surface area contributed by atoms with E-state index in [1.54, 1.807) is 7.11 Å². The molecule has 0 fully saturated rings. The Morgan fingerprint density at radius 2 is 1.95 bits per heavy atom. The first-order valence-corrected chi connectivity index (χ1v) is 6.67. The number of aryl methyl sites for hydroxylation is 1. The lowest BCUT2D eigenvalue weighted by atomic mass is 10.1. The van der Waals surface area contributed by atoms with Crippen LogP contribution in [0.4, 0.5) is 0 Å². The molecule has 0 spiro atoms. The molecule has 0 radical (unpaired) electrons. The average Bonchev–Trinajstić information content (AvgIpc) is 2.45. The van der Waals surface area contributed by atoms with E-state index in [0.717, 1.165) is 22.6 Å². The largest absolute Gasteiger partial charge is 0.497 e. The summed E-state index contributed by atoms with van der Waals surface area (Å²) < 4.78 is 11.0. The van der Waals surface area contributed by atoms with Crippen LogP contribution in [-0.4, -0.2) is 7.11 Å². The number of benzene rings is 2. The fourth-order valence-corrected chi connectivity index (χ4v) is 2.09. The van der Waals surface area contributed by atoms with Crippen molar-refractivity contribution in [1.29, 1.82) is 0 Å². The number of ether oxygens (including phenoxy) is 2.